The highest BCUT2D eigenvalue weighted by Gasteiger charge is 2.51. The van der Waals surface area contributed by atoms with Crippen LogP contribution < -0.4 is 15.4 Å². The summed E-state index contributed by atoms with van der Waals surface area (Å²) in [4.78, 5) is 52.2. The average molecular weight is 792 g/mol. The predicted molar refractivity (Wildman–Crippen MR) is 212 cm³/mol. The minimum absolute atomic E-state index is 0.0994. The minimum atomic E-state index is -1.13. The predicted octanol–water partition coefficient (Wildman–Crippen LogP) is 5.01. The van der Waals surface area contributed by atoms with Gasteiger partial charge in [-0.25, -0.2) is 18.4 Å². The fourth-order valence-corrected chi connectivity index (χ4v) is 9.30. The number of amides is 2. The molecule has 1 spiro atoms. The highest BCUT2D eigenvalue weighted by atomic mass is 19.1. The van der Waals surface area contributed by atoms with Gasteiger partial charge in [-0.2, -0.15) is 5.10 Å². The van der Waals surface area contributed by atoms with Crippen molar-refractivity contribution in [3.05, 3.63) is 88.2 Å². The molecule has 0 aliphatic carbocycles. The van der Waals surface area contributed by atoms with Gasteiger partial charge in [0.1, 0.15) is 11.6 Å². The van der Waals surface area contributed by atoms with Crippen LogP contribution in [0.25, 0.3) is 22.3 Å². The lowest BCUT2D eigenvalue weighted by Crippen LogP contribution is -2.71. The third-order valence-corrected chi connectivity index (χ3v) is 12.0. The number of halogens is 2. The van der Waals surface area contributed by atoms with Gasteiger partial charge in [0.15, 0.2) is 5.78 Å². The lowest BCUT2D eigenvalue weighted by Gasteiger charge is -2.60. The van der Waals surface area contributed by atoms with Gasteiger partial charge in [-0.1, -0.05) is 13.0 Å². The zero-order valence-corrected chi connectivity index (χ0v) is 33.0. The van der Waals surface area contributed by atoms with Crippen LogP contribution in [-0.4, -0.2) is 97.6 Å². The van der Waals surface area contributed by atoms with Crippen LogP contribution in [0.5, 0.6) is 5.88 Å². The molecule has 2 amide bonds. The van der Waals surface area contributed by atoms with E-state index in [1.165, 1.54) is 17.7 Å². The third kappa shape index (κ3) is 7.37. The number of carbonyl (C=O) groups excluding carboxylic acids is 3. The number of piperidine rings is 1. The highest BCUT2D eigenvalue weighted by Crippen LogP contribution is 2.41. The van der Waals surface area contributed by atoms with Crippen LogP contribution in [-0.2, 0) is 36.1 Å². The number of benzene rings is 2. The molecule has 3 saturated heterocycles. The van der Waals surface area contributed by atoms with E-state index in [0.717, 1.165) is 62.2 Å². The summed E-state index contributed by atoms with van der Waals surface area (Å²) >= 11 is 0. The van der Waals surface area contributed by atoms with Gasteiger partial charge in [-0.3, -0.25) is 29.6 Å². The van der Waals surface area contributed by atoms with Crippen molar-refractivity contribution in [1.29, 1.82) is 0 Å². The molecule has 58 heavy (non-hydrogen) atoms. The Bertz CT molecular complexity index is 2420. The van der Waals surface area contributed by atoms with Crippen molar-refractivity contribution in [2.75, 3.05) is 51.2 Å². The van der Waals surface area contributed by atoms with Crippen LogP contribution >= 0.6 is 0 Å². The molecule has 13 nitrogen and oxygen atoms in total. The van der Waals surface area contributed by atoms with Gasteiger partial charge < -0.3 is 19.5 Å². The number of rotatable bonds is 6. The number of hydrogen-bond acceptors (Lipinski definition) is 9. The Hall–Kier alpha value is -5.54. The van der Waals surface area contributed by atoms with Crippen LogP contribution in [0, 0.1) is 29.9 Å². The van der Waals surface area contributed by atoms with Crippen LogP contribution in [0.1, 0.15) is 64.8 Å². The Kier molecular flexibility index (Phi) is 9.83. The van der Waals surface area contributed by atoms with Crippen molar-refractivity contribution in [1.82, 2.24) is 39.4 Å². The molecule has 9 rings (SSSR count). The van der Waals surface area contributed by atoms with Crippen molar-refractivity contribution in [3.63, 3.8) is 0 Å². The molecule has 3 fully saturated rings. The summed E-state index contributed by atoms with van der Waals surface area (Å²) in [6.07, 6.45) is 3.79. The van der Waals surface area contributed by atoms with Gasteiger partial charge >= 0.3 is 0 Å². The normalized spacial score (nSPS) is 21.2. The molecule has 302 valence electrons. The molecule has 2 atom stereocenters. The lowest BCUT2D eigenvalue weighted by molar-refractivity contribution is -0.131. The summed E-state index contributed by atoms with van der Waals surface area (Å²) < 4.78 is 40.2. The van der Waals surface area contributed by atoms with Crippen molar-refractivity contribution in [3.8, 4) is 17.1 Å². The monoisotopic (exact) mass is 791 g/mol. The zero-order chi connectivity index (χ0) is 40.3. The van der Waals surface area contributed by atoms with E-state index in [0.29, 0.717) is 60.5 Å². The molecule has 15 heteroatoms. The largest absolute Gasteiger partial charge is 0.477 e. The number of hydrogen-bond donors (Lipinski definition) is 2. The first-order chi connectivity index (χ1) is 27.9. The number of aryl methyl sites for hydroxylation is 2. The maximum absolute atomic E-state index is 15.0. The van der Waals surface area contributed by atoms with Crippen LogP contribution in [0.2, 0.25) is 0 Å². The first kappa shape index (κ1) is 38.0. The first-order valence-corrected chi connectivity index (χ1v) is 20.1. The highest BCUT2D eigenvalue weighted by molar-refractivity contribution is 6.05. The lowest BCUT2D eigenvalue weighted by atomic mass is 9.72. The van der Waals surface area contributed by atoms with Crippen LogP contribution in [0.3, 0.4) is 0 Å². The number of nitrogens with one attached hydrogen (secondary N) is 2. The Morgan fingerprint density at radius 2 is 1.74 bits per heavy atom. The minimum Gasteiger partial charge on any atom is -0.477 e. The molecule has 2 bridgehead atoms. The molecule has 2 N–H and O–H groups in total. The molecule has 5 aromatic rings. The molecule has 4 aliphatic rings. The van der Waals surface area contributed by atoms with Crippen LogP contribution in [0.15, 0.2) is 48.7 Å². The molecule has 3 aromatic heterocycles. The summed E-state index contributed by atoms with van der Waals surface area (Å²) in [6, 6.07) is 12.5. The molecule has 4 aliphatic heterocycles. The van der Waals surface area contributed by atoms with E-state index in [2.05, 4.69) is 49.2 Å². The summed E-state index contributed by atoms with van der Waals surface area (Å²) in [7, 11) is 1.84. The number of ether oxygens (including phenoxy) is 1. The Balaban J connectivity index is 0.844. The summed E-state index contributed by atoms with van der Waals surface area (Å²) in [6.45, 7) is 10.5. The summed E-state index contributed by atoms with van der Waals surface area (Å²) in [5.74, 6) is -2.29. The van der Waals surface area contributed by atoms with Gasteiger partial charge in [0.05, 0.1) is 47.6 Å². The number of nitrogens with zero attached hydrogens (tertiary/aromatic N) is 7. The molecule has 0 unspecified atom stereocenters. The number of carbonyl (C=O) groups is 3. The molecular weight excluding hydrogens is 745 g/mol. The number of fused-ring (bicyclic) bond motifs is 7. The van der Waals surface area contributed by atoms with E-state index in [1.54, 1.807) is 23.0 Å². The van der Waals surface area contributed by atoms with Gasteiger partial charge in [0, 0.05) is 81.5 Å². The van der Waals surface area contributed by atoms with Gasteiger partial charge in [0.2, 0.25) is 17.7 Å². The van der Waals surface area contributed by atoms with Crippen molar-refractivity contribution in [2.24, 2.45) is 18.4 Å². The van der Waals surface area contributed by atoms with Gasteiger partial charge in [-0.15, -0.1) is 0 Å². The topological polar surface area (TPSA) is 140 Å². The summed E-state index contributed by atoms with van der Waals surface area (Å²) in [5, 5.41) is 9.94. The Labute approximate surface area is 334 Å². The van der Waals surface area contributed by atoms with E-state index < -0.39 is 23.5 Å². The maximum atomic E-state index is 15.0. The second-order valence-corrected chi connectivity index (χ2v) is 16.9. The third-order valence-electron chi connectivity index (χ3n) is 12.0. The number of likely N-dealkylation sites (tertiary alicyclic amines) is 2. The number of ketones is 1. The SMILES string of the molecule is Cc1cc2cc(n1)-c1cnn(C)c1OCCC[C@@H](C)Cn1c(nc3ccc(CN4CC5(CN(CCc6cc(F)c([C@H]7CC(=O)CNC7=O)c(F)c6)C5)C4)cc31)NC2=O. The second kappa shape index (κ2) is 15.0. The number of imidazole rings is 1. The molecule has 2 aromatic carbocycles. The second-order valence-electron chi connectivity index (χ2n) is 16.9. The Morgan fingerprint density at radius 3 is 2.53 bits per heavy atom. The van der Waals surface area contributed by atoms with Crippen molar-refractivity contribution in [2.45, 2.75) is 58.5 Å². The first-order valence-electron chi connectivity index (χ1n) is 20.1. The van der Waals surface area contributed by atoms with Gasteiger partial charge in [0.25, 0.3) is 5.91 Å². The average Bonchev–Trinajstić information content (AvgIpc) is 3.68. The molecular formula is C43H47F2N9O4. The number of anilines is 1. The number of Topliss-reactive ketones (excluding diaryl/α,β-unsaturated/α-hetero) is 1. The number of pyridine rings is 1. The van der Waals surface area contributed by atoms with E-state index in [9.17, 15) is 14.4 Å². The number of aromatic nitrogens is 5. The van der Waals surface area contributed by atoms with Crippen molar-refractivity contribution >= 4 is 34.6 Å². The molecule has 7 heterocycles. The summed E-state index contributed by atoms with van der Waals surface area (Å²) in [5.41, 5.74) is 5.95. The van der Waals surface area contributed by atoms with E-state index in [-0.39, 0.29) is 41.6 Å². The van der Waals surface area contributed by atoms with Crippen LogP contribution in [0.4, 0.5) is 14.7 Å². The van der Waals surface area contributed by atoms with Gasteiger partial charge in [-0.05, 0) is 79.6 Å². The Morgan fingerprint density at radius 1 is 0.966 bits per heavy atom. The van der Waals surface area contributed by atoms with E-state index >= 15 is 8.78 Å². The fourth-order valence-electron chi connectivity index (χ4n) is 9.30. The van der Waals surface area contributed by atoms with Crippen molar-refractivity contribution < 1.29 is 27.9 Å². The van der Waals surface area contributed by atoms with E-state index in [1.807, 2.05) is 20.0 Å². The smallest absolute Gasteiger partial charge is 0.258 e. The zero-order valence-electron chi connectivity index (χ0n) is 33.0. The standard InChI is InChI=1S/C43H47F2N9O4/c1-25-5-4-10-58-41-32(18-47-51(41)3)36-15-29(11-26(2)48-36)39(56)50-42-49-35-7-6-28(14-37(35)54(42)19-25)20-53-23-43(24-53)21-52(22-43)9-8-27-12-33(44)38(34(45)13-27)31-16-30(55)17-46-40(31)57/h6-7,11-15,18,25,31H,4-5,8-10,16-17,19-24H2,1-3H3,(H,46,57)(H,49,50,56)/t25-,31-/m1/s1. The van der Waals surface area contributed by atoms with E-state index in [4.69, 9.17) is 14.7 Å². The maximum Gasteiger partial charge on any atom is 0.258 e. The molecule has 0 radical (unpaired) electrons. The quantitative estimate of drug-likeness (QED) is 0.243. The fraction of sp³-hybridized carbons (Fsp3) is 0.442. The molecule has 0 saturated carbocycles.